The maximum absolute atomic E-state index is 12.6. The molecular formula is C18H24N2O3S. The van der Waals surface area contributed by atoms with Gasteiger partial charge in [-0.25, -0.2) is 0 Å². The zero-order valence-corrected chi connectivity index (χ0v) is 14.9. The number of morpholine rings is 1. The summed E-state index contributed by atoms with van der Waals surface area (Å²) in [6, 6.07) is 6.27. The molecule has 1 fully saturated rings. The molecule has 2 heterocycles. The Balaban J connectivity index is 1.52. The molecule has 6 heteroatoms. The first-order valence-corrected chi connectivity index (χ1v) is 9.64. The molecule has 0 saturated carbocycles. The molecule has 2 aliphatic rings. The summed E-state index contributed by atoms with van der Waals surface area (Å²) >= 11 is 1.41. The smallest absolute Gasteiger partial charge is 0.236 e. The Labute approximate surface area is 147 Å². The Kier molecular flexibility index (Phi) is 5.79. The van der Waals surface area contributed by atoms with Gasteiger partial charge in [-0.15, -0.1) is 11.8 Å². The summed E-state index contributed by atoms with van der Waals surface area (Å²) in [7, 11) is 0. The maximum atomic E-state index is 12.6. The first-order chi connectivity index (χ1) is 11.6. The third-order valence-electron chi connectivity index (χ3n) is 4.47. The molecule has 2 amide bonds. The van der Waals surface area contributed by atoms with E-state index in [-0.39, 0.29) is 11.8 Å². The molecule has 0 unspecified atom stereocenters. The van der Waals surface area contributed by atoms with Gasteiger partial charge < -0.3 is 14.5 Å². The Hall–Kier alpha value is -1.53. The Morgan fingerprint density at radius 1 is 1.12 bits per heavy atom. The molecule has 1 saturated heterocycles. The molecule has 0 bridgehead atoms. The van der Waals surface area contributed by atoms with Gasteiger partial charge in [-0.05, 0) is 31.4 Å². The number of rotatable bonds is 4. The maximum Gasteiger partial charge on any atom is 0.236 e. The molecular weight excluding hydrogens is 324 g/mol. The van der Waals surface area contributed by atoms with Crippen molar-refractivity contribution in [3.8, 4) is 0 Å². The zero-order valence-electron chi connectivity index (χ0n) is 14.1. The normalized spacial score (nSPS) is 17.5. The van der Waals surface area contributed by atoms with Crippen LogP contribution in [-0.2, 0) is 20.7 Å². The predicted octanol–water partition coefficient (Wildman–Crippen LogP) is 1.87. The van der Waals surface area contributed by atoms with Crippen molar-refractivity contribution in [2.45, 2.75) is 19.8 Å². The minimum atomic E-state index is 0.0968. The number of thioether (sulfide) groups is 1. The second-order valence-electron chi connectivity index (χ2n) is 6.27. The second kappa shape index (κ2) is 8.03. The van der Waals surface area contributed by atoms with Gasteiger partial charge in [0.25, 0.3) is 0 Å². The molecule has 0 atom stereocenters. The lowest BCUT2D eigenvalue weighted by Crippen LogP contribution is -2.42. The molecule has 2 aliphatic heterocycles. The fraction of sp³-hybridized carbons (Fsp3) is 0.556. The Morgan fingerprint density at radius 2 is 1.88 bits per heavy atom. The highest BCUT2D eigenvalue weighted by Crippen LogP contribution is 2.28. The number of amides is 2. The Bertz CT molecular complexity index is 614. The van der Waals surface area contributed by atoms with Crippen molar-refractivity contribution in [1.29, 1.82) is 0 Å². The highest BCUT2D eigenvalue weighted by atomic mass is 32.2. The first kappa shape index (κ1) is 17.3. The molecule has 5 nitrogen and oxygen atoms in total. The number of anilines is 1. The van der Waals surface area contributed by atoms with Crippen molar-refractivity contribution >= 4 is 29.3 Å². The molecule has 0 N–H and O–H groups in total. The van der Waals surface area contributed by atoms with Crippen LogP contribution in [0.1, 0.15) is 17.5 Å². The lowest BCUT2D eigenvalue weighted by atomic mass is 10.00. The molecule has 0 aliphatic carbocycles. The first-order valence-electron chi connectivity index (χ1n) is 8.48. The molecule has 0 aromatic heterocycles. The van der Waals surface area contributed by atoms with Crippen LogP contribution in [0, 0.1) is 6.92 Å². The van der Waals surface area contributed by atoms with E-state index in [0.29, 0.717) is 37.8 Å². The zero-order chi connectivity index (χ0) is 16.9. The van der Waals surface area contributed by atoms with Gasteiger partial charge in [0.2, 0.25) is 11.8 Å². The summed E-state index contributed by atoms with van der Waals surface area (Å²) in [5.41, 5.74) is 3.52. The number of ether oxygens (including phenoxy) is 1. The van der Waals surface area contributed by atoms with E-state index in [4.69, 9.17) is 4.74 Å². The van der Waals surface area contributed by atoms with E-state index in [1.54, 1.807) is 0 Å². The monoisotopic (exact) mass is 348 g/mol. The van der Waals surface area contributed by atoms with E-state index >= 15 is 0 Å². The molecule has 0 radical (unpaired) electrons. The van der Waals surface area contributed by atoms with Gasteiger partial charge in [0, 0.05) is 25.3 Å². The van der Waals surface area contributed by atoms with Gasteiger partial charge in [0.15, 0.2) is 0 Å². The van der Waals surface area contributed by atoms with Gasteiger partial charge in [-0.1, -0.05) is 17.7 Å². The largest absolute Gasteiger partial charge is 0.378 e. The van der Waals surface area contributed by atoms with Crippen molar-refractivity contribution in [3.05, 3.63) is 29.3 Å². The number of fused-ring (bicyclic) bond motifs is 1. The quantitative estimate of drug-likeness (QED) is 0.833. The molecule has 3 rings (SSSR count). The fourth-order valence-electron chi connectivity index (χ4n) is 3.19. The number of benzene rings is 1. The molecule has 130 valence electrons. The van der Waals surface area contributed by atoms with Crippen molar-refractivity contribution in [2.75, 3.05) is 49.3 Å². The van der Waals surface area contributed by atoms with Crippen molar-refractivity contribution in [2.24, 2.45) is 0 Å². The van der Waals surface area contributed by atoms with Crippen LogP contribution in [0.25, 0.3) is 0 Å². The number of hydrogen-bond donors (Lipinski definition) is 0. The average Bonchev–Trinajstić information content (AvgIpc) is 2.61. The summed E-state index contributed by atoms with van der Waals surface area (Å²) in [6.45, 7) is 5.39. The Morgan fingerprint density at radius 3 is 2.67 bits per heavy atom. The van der Waals surface area contributed by atoms with Crippen LogP contribution in [0.15, 0.2) is 18.2 Å². The van der Waals surface area contributed by atoms with Crippen LogP contribution in [0.4, 0.5) is 5.69 Å². The highest BCUT2D eigenvalue weighted by Gasteiger charge is 2.23. The second-order valence-corrected chi connectivity index (χ2v) is 7.25. The van der Waals surface area contributed by atoms with Crippen LogP contribution >= 0.6 is 11.8 Å². The number of aryl methyl sites for hydroxylation is 2. The van der Waals surface area contributed by atoms with Crippen molar-refractivity contribution in [1.82, 2.24) is 4.90 Å². The summed E-state index contributed by atoms with van der Waals surface area (Å²) in [6.07, 6.45) is 2.03. The third-order valence-corrected chi connectivity index (χ3v) is 5.37. The number of nitrogens with zero attached hydrogens (tertiary/aromatic N) is 2. The van der Waals surface area contributed by atoms with E-state index in [0.717, 1.165) is 25.1 Å². The summed E-state index contributed by atoms with van der Waals surface area (Å²) in [5.74, 6) is 0.911. The van der Waals surface area contributed by atoms with Gasteiger partial charge in [-0.3, -0.25) is 9.59 Å². The number of carbonyl (C=O) groups excluding carboxylic acids is 2. The minimum Gasteiger partial charge on any atom is -0.378 e. The number of carbonyl (C=O) groups is 2. The van der Waals surface area contributed by atoms with Crippen LogP contribution < -0.4 is 4.90 Å². The van der Waals surface area contributed by atoms with Crippen LogP contribution in [0.2, 0.25) is 0 Å². The van der Waals surface area contributed by atoms with E-state index in [2.05, 4.69) is 19.1 Å². The lowest BCUT2D eigenvalue weighted by Gasteiger charge is -2.30. The summed E-state index contributed by atoms with van der Waals surface area (Å²) in [4.78, 5) is 28.4. The topological polar surface area (TPSA) is 49.9 Å². The molecule has 1 aromatic rings. The minimum absolute atomic E-state index is 0.0968. The van der Waals surface area contributed by atoms with Gasteiger partial charge in [0.05, 0.1) is 24.7 Å². The van der Waals surface area contributed by atoms with Crippen molar-refractivity contribution in [3.63, 3.8) is 0 Å². The van der Waals surface area contributed by atoms with Crippen LogP contribution in [-0.4, -0.2) is 61.1 Å². The summed E-state index contributed by atoms with van der Waals surface area (Å²) < 4.78 is 5.25. The standard InChI is InChI=1S/C18H24N2O3S/c1-14-4-5-16-15(11-14)3-2-6-20(16)18(22)13-24-12-17(21)19-7-9-23-10-8-19/h4-5,11H,2-3,6-10,12-13H2,1H3. The van der Waals surface area contributed by atoms with E-state index in [1.807, 2.05) is 15.9 Å². The SMILES string of the molecule is Cc1ccc2c(c1)CCCN2C(=O)CSCC(=O)N1CCOCC1. The summed E-state index contributed by atoms with van der Waals surface area (Å²) in [5, 5.41) is 0. The lowest BCUT2D eigenvalue weighted by molar-refractivity contribution is -0.132. The van der Waals surface area contributed by atoms with Gasteiger partial charge >= 0.3 is 0 Å². The van der Waals surface area contributed by atoms with Gasteiger partial charge in [-0.2, -0.15) is 0 Å². The number of hydrogen-bond acceptors (Lipinski definition) is 4. The van der Waals surface area contributed by atoms with E-state index < -0.39 is 0 Å². The third kappa shape index (κ3) is 4.11. The van der Waals surface area contributed by atoms with Crippen LogP contribution in [0.5, 0.6) is 0 Å². The molecule has 1 aromatic carbocycles. The van der Waals surface area contributed by atoms with E-state index in [1.165, 1.54) is 22.9 Å². The highest BCUT2D eigenvalue weighted by molar-refractivity contribution is 8.00. The molecule has 24 heavy (non-hydrogen) atoms. The van der Waals surface area contributed by atoms with Crippen LogP contribution in [0.3, 0.4) is 0 Å². The van der Waals surface area contributed by atoms with Gasteiger partial charge in [0.1, 0.15) is 0 Å². The van der Waals surface area contributed by atoms with Crippen molar-refractivity contribution < 1.29 is 14.3 Å². The van der Waals surface area contributed by atoms with E-state index in [9.17, 15) is 9.59 Å². The molecule has 0 spiro atoms. The fourth-order valence-corrected chi connectivity index (χ4v) is 3.98. The average molecular weight is 348 g/mol. The predicted molar refractivity (Wildman–Crippen MR) is 96.6 cm³/mol.